The molecule has 2 unspecified atom stereocenters. The Balaban J connectivity index is 1.91. The Kier molecular flexibility index (Phi) is 3.64. The average Bonchev–Trinajstić information content (AvgIpc) is 2.71. The maximum absolute atomic E-state index is 12.6. The Morgan fingerprint density at radius 2 is 1.89 bits per heavy atom. The minimum atomic E-state index is -3.46. The van der Waals surface area contributed by atoms with Gasteiger partial charge in [0.05, 0.1) is 22.1 Å². The van der Waals surface area contributed by atoms with Crippen LogP contribution >= 0.6 is 27.5 Å². The molecular formula is C12H13BrClNO3S. The maximum Gasteiger partial charge on any atom is 0.243 e. The molecule has 2 heterocycles. The van der Waals surface area contributed by atoms with Crippen molar-refractivity contribution in [3.8, 4) is 0 Å². The number of morpholine rings is 1. The van der Waals surface area contributed by atoms with E-state index in [-0.39, 0.29) is 17.1 Å². The highest BCUT2D eigenvalue weighted by Gasteiger charge is 2.39. The van der Waals surface area contributed by atoms with E-state index in [1.807, 2.05) is 0 Å². The summed E-state index contributed by atoms with van der Waals surface area (Å²) in [7, 11) is -3.46. The van der Waals surface area contributed by atoms with Crippen molar-refractivity contribution < 1.29 is 13.2 Å². The van der Waals surface area contributed by atoms with Gasteiger partial charge < -0.3 is 4.74 Å². The summed E-state index contributed by atoms with van der Waals surface area (Å²) in [4.78, 5) is 0.269. The fraction of sp³-hybridized carbons (Fsp3) is 0.500. The van der Waals surface area contributed by atoms with Gasteiger partial charge >= 0.3 is 0 Å². The van der Waals surface area contributed by atoms with Crippen LogP contribution < -0.4 is 0 Å². The Morgan fingerprint density at radius 1 is 1.26 bits per heavy atom. The van der Waals surface area contributed by atoms with Gasteiger partial charge in [0.15, 0.2) is 0 Å². The number of ether oxygens (including phenoxy) is 1. The van der Waals surface area contributed by atoms with E-state index in [0.717, 1.165) is 12.8 Å². The standard InChI is InChI=1S/C12H13BrClNO3S/c13-11-5-10(3-4-12(11)14)19(16,17)15-6-8-1-2-9(7-15)18-8/h3-5,8-9H,1-2,6-7H2. The molecule has 7 heteroatoms. The van der Waals surface area contributed by atoms with Crippen LogP contribution in [0.1, 0.15) is 12.8 Å². The highest BCUT2D eigenvalue weighted by Crippen LogP contribution is 2.31. The molecule has 0 aliphatic carbocycles. The van der Waals surface area contributed by atoms with Crippen molar-refractivity contribution in [2.45, 2.75) is 29.9 Å². The van der Waals surface area contributed by atoms with Gasteiger partial charge in [-0.2, -0.15) is 4.31 Å². The third kappa shape index (κ3) is 2.56. The molecular weight excluding hydrogens is 354 g/mol. The number of rotatable bonds is 2. The zero-order valence-electron chi connectivity index (χ0n) is 10.1. The van der Waals surface area contributed by atoms with Crippen LogP contribution in [0, 0.1) is 0 Å². The molecule has 0 spiro atoms. The Labute approximate surface area is 125 Å². The molecule has 19 heavy (non-hydrogen) atoms. The number of halogens is 2. The van der Waals surface area contributed by atoms with Gasteiger partial charge in [-0.15, -0.1) is 0 Å². The monoisotopic (exact) mass is 365 g/mol. The molecule has 0 saturated carbocycles. The minimum absolute atomic E-state index is 0.0456. The van der Waals surface area contributed by atoms with Crippen LogP contribution in [0.25, 0.3) is 0 Å². The molecule has 0 aromatic heterocycles. The maximum atomic E-state index is 12.6. The smallest absolute Gasteiger partial charge is 0.243 e. The number of sulfonamides is 1. The molecule has 3 rings (SSSR count). The van der Waals surface area contributed by atoms with Gasteiger partial charge in [-0.1, -0.05) is 11.6 Å². The van der Waals surface area contributed by atoms with Crippen LogP contribution in [0.15, 0.2) is 27.6 Å². The number of nitrogens with zero attached hydrogens (tertiary/aromatic N) is 1. The summed E-state index contributed by atoms with van der Waals surface area (Å²) >= 11 is 9.16. The van der Waals surface area contributed by atoms with E-state index < -0.39 is 10.0 Å². The lowest BCUT2D eigenvalue weighted by Crippen LogP contribution is -2.45. The third-order valence-electron chi connectivity index (χ3n) is 3.54. The van der Waals surface area contributed by atoms with E-state index in [1.165, 1.54) is 4.31 Å². The molecule has 1 aromatic rings. The number of fused-ring (bicyclic) bond motifs is 2. The first-order chi connectivity index (χ1) is 8.96. The first kappa shape index (κ1) is 13.8. The highest BCUT2D eigenvalue weighted by molar-refractivity contribution is 9.10. The van der Waals surface area contributed by atoms with Gasteiger partial charge in [0.1, 0.15) is 0 Å². The second kappa shape index (κ2) is 5.00. The molecule has 2 atom stereocenters. The van der Waals surface area contributed by atoms with Gasteiger partial charge in [-0.25, -0.2) is 8.42 Å². The predicted molar refractivity (Wildman–Crippen MR) is 75.8 cm³/mol. The Bertz CT molecular complexity index is 595. The fourth-order valence-electron chi connectivity index (χ4n) is 2.56. The van der Waals surface area contributed by atoms with Crippen LogP contribution in [0.3, 0.4) is 0 Å². The van der Waals surface area contributed by atoms with Crippen molar-refractivity contribution in [1.29, 1.82) is 0 Å². The second-order valence-electron chi connectivity index (χ2n) is 4.86. The summed E-state index contributed by atoms with van der Waals surface area (Å²) in [6, 6.07) is 4.68. The van der Waals surface area contributed by atoms with Crippen molar-refractivity contribution >= 4 is 37.6 Å². The Morgan fingerprint density at radius 3 is 2.47 bits per heavy atom. The molecule has 2 aliphatic rings. The van der Waals surface area contributed by atoms with Crippen LogP contribution in [-0.4, -0.2) is 38.0 Å². The van der Waals surface area contributed by atoms with E-state index in [1.54, 1.807) is 18.2 Å². The summed E-state index contributed by atoms with van der Waals surface area (Å²) in [5.41, 5.74) is 0. The third-order valence-corrected chi connectivity index (χ3v) is 6.58. The number of hydrogen-bond donors (Lipinski definition) is 0. The molecule has 2 fully saturated rings. The molecule has 2 saturated heterocycles. The van der Waals surface area contributed by atoms with Crippen molar-refractivity contribution in [3.63, 3.8) is 0 Å². The quantitative estimate of drug-likeness (QED) is 0.808. The minimum Gasteiger partial charge on any atom is -0.372 e. The van der Waals surface area contributed by atoms with Crippen molar-refractivity contribution in [1.82, 2.24) is 4.31 Å². The summed E-state index contributed by atoms with van der Waals surface area (Å²) < 4.78 is 32.9. The molecule has 4 nitrogen and oxygen atoms in total. The van der Waals surface area contributed by atoms with Gasteiger partial charge in [-0.3, -0.25) is 0 Å². The summed E-state index contributed by atoms with van der Waals surface area (Å²) in [5.74, 6) is 0. The first-order valence-corrected chi connectivity index (χ1v) is 8.68. The predicted octanol–water partition coefficient (Wildman–Crippen LogP) is 2.65. The molecule has 2 bridgehead atoms. The molecule has 2 aliphatic heterocycles. The normalized spacial score (nSPS) is 27.7. The van der Waals surface area contributed by atoms with E-state index in [4.69, 9.17) is 16.3 Å². The van der Waals surface area contributed by atoms with Gasteiger partial charge in [0.25, 0.3) is 0 Å². The van der Waals surface area contributed by atoms with E-state index >= 15 is 0 Å². The zero-order chi connectivity index (χ0) is 13.6. The molecule has 1 aromatic carbocycles. The van der Waals surface area contributed by atoms with Gasteiger partial charge in [0.2, 0.25) is 10.0 Å². The van der Waals surface area contributed by atoms with Gasteiger partial charge in [-0.05, 0) is 47.0 Å². The largest absolute Gasteiger partial charge is 0.372 e. The second-order valence-corrected chi connectivity index (χ2v) is 8.05. The summed E-state index contributed by atoms with van der Waals surface area (Å²) in [6.07, 6.45) is 1.98. The molecule has 0 radical (unpaired) electrons. The topological polar surface area (TPSA) is 46.6 Å². The van der Waals surface area contributed by atoms with Gasteiger partial charge in [0, 0.05) is 17.6 Å². The summed E-state index contributed by atoms with van der Waals surface area (Å²) in [5, 5.41) is 0.501. The Hall–Kier alpha value is -0.140. The van der Waals surface area contributed by atoms with Crippen LogP contribution in [-0.2, 0) is 14.8 Å². The van der Waals surface area contributed by atoms with Crippen molar-refractivity contribution in [2.24, 2.45) is 0 Å². The fourth-order valence-corrected chi connectivity index (χ4v) is 4.74. The van der Waals surface area contributed by atoms with E-state index in [2.05, 4.69) is 15.9 Å². The molecule has 0 amide bonds. The SMILES string of the molecule is O=S(=O)(c1ccc(Cl)c(Br)c1)N1CC2CCC(C1)O2. The van der Waals surface area contributed by atoms with Crippen LogP contribution in [0.5, 0.6) is 0 Å². The first-order valence-electron chi connectivity index (χ1n) is 6.07. The number of hydrogen-bond acceptors (Lipinski definition) is 3. The van der Waals surface area contributed by atoms with Crippen molar-refractivity contribution in [2.75, 3.05) is 13.1 Å². The lowest BCUT2D eigenvalue weighted by molar-refractivity contribution is -0.0114. The molecule has 104 valence electrons. The van der Waals surface area contributed by atoms with Crippen molar-refractivity contribution in [3.05, 3.63) is 27.7 Å². The lowest BCUT2D eigenvalue weighted by Gasteiger charge is -2.31. The number of benzene rings is 1. The van der Waals surface area contributed by atoms with E-state index in [0.29, 0.717) is 22.6 Å². The van der Waals surface area contributed by atoms with E-state index in [9.17, 15) is 8.42 Å². The molecule has 0 N–H and O–H groups in total. The van der Waals surface area contributed by atoms with Crippen LogP contribution in [0.4, 0.5) is 0 Å². The highest BCUT2D eigenvalue weighted by atomic mass is 79.9. The lowest BCUT2D eigenvalue weighted by atomic mass is 10.2. The van der Waals surface area contributed by atoms with Crippen LogP contribution in [0.2, 0.25) is 5.02 Å². The zero-order valence-corrected chi connectivity index (χ0v) is 13.2. The summed E-state index contributed by atoms with van der Waals surface area (Å²) in [6.45, 7) is 0.887. The average molecular weight is 367 g/mol.